The topological polar surface area (TPSA) is 237 Å². The van der Waals surface area contributed by atoms with Gasteiger partial charge in [0.15, 0.2) is 12.2 Å². The molecule has 0 amide bonds. The van der Waals surface area contributed by atoms with Gasteiger partial charge in [-0.05, 0) is 43.4 Å². The van der Waals surface area contributed by atoms with E-state index in [1.54, 1.807) is 0 Å². The fraction of sp³-hybridized carbons (Fsp3) is 0.953. The number of ether oxygens (including phenoxy) is 4. The highest BCUT2D eigenvalue weighted by atomic mass is 31.2. The van der Waals surface area contributed by atoms with Gasteiger partial charge in [0.25, 0.3) is 0 Å². The summed E-state index contributed by atoms with van der Waals surface area (Å²) in [4.78, 5) is 73.2. The molecule has 618 valence electrons. The number of phosphoric acid groups is 2. The standard InChI is InChI=1S/C85H166O17P2/c1-8-9-10-11-12-13-28-38-45-52-59-66-82(87)95-72-80(101-85(90)69-62-55-48-41-34-27-21-19-24-31-37-44-51-58-65-78(6)7)74-99-103(91,92)97-70-79(86)71-98-104(93,94)100-75-81(73-96-83(88)67-60-53-46-39-32-25-20-18-23-30-36-43-50-57-64-77(4)5)102-84(89)68-61-54-47-40-33-26-17-15-14-16-22-29-35-42-49-56-63-76(2)3/h76-81,86H,8-75H2,1-7H3,(H,91,92)(H,93,94)/t79-,80+,81+/m0/s1. The predicted molar refractivity (Wildman–Crippen MR) is 428 cm³/mol. The Hall–Kier alpha value is -1.94. The first-order valence-electron chi connectivity index (χ1n) is 43.8. The number of hydrogen-bond donors (Lipinski definition) is 3. The molecular formula is C85H166O17P2. The van der Waals surface area contributed by atoms with Gasteiger partial charge in [0, 0.05) is 25.7 Å². The lowest BCUT2D eigenvalue weighted by Gasteiger charge is -2.21. The number of carbonyl (C=O) groups excluding carboxylic acids is 4. The van der Waals surface area contributed by atoms with Crippen molar-refractivity contribution in [2.45, 2.75) is 465 Å². The molecule has 17 nitrogen and oxygen atoms in total. The molecular weight excluding hydrogens is 1350 g/mol. The van der Waals surface area contributed by atoms with E-state index in [0.717, 1.165) is 108 Å². The summed E-state index contributed by atoms with van der Waals surface area (Å²) in [6.45, 7) is 12.0. The van der Waals surface area contributed by atoms with Crippen LogP contribution in [-0.2, 0) is 65.4 Å². The molecule has 2 unspecified atom stereocenters. The molecule has 0 aliphatic carbocycles. The first kappa shape index (κ1) is 102. The van der Waals surface area contributed by atoms with Gasteiger partial charge in [-0.25, -0.2) is 9.13 Å². The first-order valence-corrected chi connectivity index (χ1v) is 46.8. The van der Waals surface area contributed by atoms with Crippen LogP contribution in [0.3, 0.4) is 0 Å². The molecule has 0 saturated heterocycles. The maximum Gasteiger partial charge on any atom is 0.472 e. The molecule has 0 aromatic carbocycles. The summed E-state index contributed by atoms with van der Waals surface area (Å²) in [6.07, 6.45) is 65.1. The van der Waals surface area contributed by atoms with Gasteiger partial charge in [0.2, 0.25) is 0 Å². The smallest absolute Gasteiger partial charge is 0.462 e. The average Bonchev–Trinajstić information content (AvgIpc) is 0.924. The van der Waals surface area contributed by atoms with Crippen molar-refractivity contribution >= 4 is 39.5 Å². The Morgan fingerprint density at radius 3 is 0.654 bits per heavy atom. The average molecular weight is 1520 g/mol. The van der Waals surface area contributed by atoms with Crippen molar-refractivity contribution < 1.29 is 80.2 Å². The Bertz CT molecular complexity index is 2010. The van der Waals surface area contributed by atoms with Gasteiger partial charge in [-0.1, -0.05) is 395 Å². The van der Waals surface area contributed by atoms with Crippen molar-refractivity contribution in [3.05, 3.63) is 0 Å². The van der Waals surface area contributed by atoms with Gasteiger partial charge in [0.1, 0.15) is 19.3 Å². The molecule has 0 aromatic rings. The molecule has 0 spiro atoms. The van der Waals surface area contributed by atoms with E-state index in [2.05, 4.69) is 48.5 Å². The van der Waals surface area contributed by atoms with Crippen molar-refractivity contribution in [2.24, 2.45) is 17.8 Å². The van der Waals surface area contributed by atoms with Crippen LogP contribution in [0.25, 0.3) is 0 Å². The van der Waals surface area contributed by atoms with E-state index in [4.69, 9.17) is 37.0 Å². The molecule has 0 heterocycles. The van der Waals surface area contributed by atoms with Crippen molar-refractivity contribution in [3.8, 4) is 0 Å². The van der Waals surface area contributed by atoms with Crippen LogP contribution in [0, 0.1) is 17.8 Å². The monoisotopic (exact) mass is 1520 g/mol. The summed E-state index contributed by atoms with van der Waals surface area (Å²) in [7, 11) is -9.93. The minimum absolute atomic E-state index is 0.108. The number of rotatable bonds is 83. The summed E-state index contributed by atoms with van der Waals surface area (Å²) in [5.74, 6) is 0.300. The largest absolute Gasteiger partial charge is 0.472 e. The fourth-order valence-electron chi connectivity index (χ4n) is 13.2. The highest BCUT2D eigenvalue weighted by Gasteiger charge is 2.30. The van der Waals surface area contributed by atoms with Crippen LogP contribution in [0.4, 0.5) is 0 Å². The van der Waals surface area contributed by atoms with Gasteiger partial charge < -0.3 is 33.8 Å². The summed E-state index contributed by atoms with van der Waals surface area (Å²) in [5.41, 5.74) is 0. The number of unbranched alkanes of at least 4 members (excludes halogenated alkanes) is 51. The van der Waals surface area contributed by atoms with Crippen molar-refractivity contribution in [1.29, 1.82) is 0 Å². The summed E-state index contributed by atoms with van der Waals surface area (Å²) in [6, 6.07) is 0. The highest BCUT2D eigenvalue weighted by molar-refractivity contribution is 7.47. The number of aliphatic hydroxyl groups excluding tert-OH is 1. The van der Waals surface area contributed by atoms with E-state index in [-0.39, 0.29) is 25.7 Å². The van der Waals surface area contributed by atoms with Crippen molar-refractivity contribution in [1.82, 2.24) is 0 Å². The number of hydrogen-bond acceptors (Lipinski definition) is 15. The van der Waals surface area contributed by atoms with E-state index >= 15 is 0 Å². The molecule has 0 rings (SSSR count). The Morgan fingerprint density at radius 1 is 0.260 bits per heavy atom. The predicted octanol–water partition coefficient (Wildman–Crippen LogP) is 25.7. The zero-order valence-corrected chi connectivity index (χ0v) is 70.3. The SMILES string of the molecule is CCCCCCCCCCCCCC(=O)OC[C@H](COP(=O)(O)OC[C@H](O)COP(=O)(O)OC[C@@H](COC(=O)CCCCCCCCCCCCCCCCC(C)C)OC(=O)CCCCCCCCCCCCCCCCCCC(C)C)OC(=O)CCCCCCCCCCCCCCCCC(C)C. The second kappa shape index (κ2) is 75.1. The highest BCUT2D eigenvalue weighted by Crippen LogP contribution is 2.45. The molecule has 0 aliphatic heterocycles. The maximum atomic E-state index is 13.1. The Morgan fingerprint density at radius 2 is 0.442 bits per heavy atom. The summed E-state index contributed by atoms with van der Waals surface area (Å²) < 4.78 is 68.9. The minimum Gasteiger partial charge on any atom is -0.462 e. The minimum atomic E-state index is -4.97. The zero-order valence-electron chi connectivity index (χ0n) is 68.5. The third-order valence-corrected chi connectivity index (χ3v) is 21.8. The van der Waals surface area contributed by atoms with Gasteiger partial charge in [-0.3, -0.25) is 37.3 Å². The maximum absolute atomic E-state index is 13.1. The van der Waals surface area contributed by atoms with E-state index in [1.165, 1.54) is 257 Å². The lowest BCUT2D eigenvalue weighted by Crippen LogP contribution is -2.30. The van der Waals surface area contributed by atoms with E-state index in [0.29, 0.717) is 25.7 Å². The summed E-state index contributed by atoms with van der Waals surface area (Å²) in [5, 5.41) is 10.7. The first-order chi connectivity index (χ1) is 50.2. The lowest BCUT2D eigenvalue weighted by atomic mass is 10.0. The van der Waals surface area contributed by atoms with Crippen LogP contribution in [0.15, 0.2) is 0 Å². The van der Waals surface area contributed by atoms with Gasteiger partial charge in [-0.15, -0.1) is 0 Å². The molecule has 19 heteroatoms. The van der Waals surface area contributed by atoms with Crippen LogP contribution in [-0.4, -0.2) is 96.7 Å². The molecule has 0 aromatic heterocycles. The van der Waals surface area contributed by atoms with Crippen LogP contribution in [0.5, 0.6) is 0 Å². The molecule has 0 saturated carbocycles. The van der Waals surface area contributed by atoms with E-state index < -0.39 is 97.5 Å². The third-order valence-electron chi connectivity index (χ3n) is 19.9. The van der Waals surface area contributed by atoms with Crippen LogP contribution in [0.1, 0.15) is 447 Å². The van der Waals surface area contributed by atoms with Crippen molar-refractivity contribution in [3.63, 3.8) is 0 Å². The molecule has 0 fully saturated rings. The third kappa shape index (κ3) is 78.2. The number of aliphatic hydroxyl groups is 1. The van der Waals surface area contributed by atoms with Crippen LogP contribution in [0.2, 0.25) is 0 Å². The normalized spacial score (nSPS) is 13.9. The Balaban J connectivity index is 5.25. The second-order valence-corrected chi connectivity index (χ2v) is 34.9. The van der Waals surface area contributed by atoms with Gasteiger partial charge in [-0.2, -0.15) is 0 Å². The van der Waals surface area contributed by atoms with Gasteiger partial charge in [0.05, 0.1) is 26.4 Å². The number of phosphoric ester groups is 2. The van der Waals surface area contributed by atoms with Gasteiger partial charge >= 0.3 is 39.5 Å². The number of esters is 4. The van der Waals surface area contributed by atoms with Crippen LogP contribution >= 0.6 is 15.6 Å². The van der Waals surface area contributed by atoms with E-state index in [1.807, 2.05) is 0 Å². The molecule has 0 aliphatic rings. The Labute approximate surface area is 638 Å². The molecule has 104 heavy (non-hydrogen) atoms. The van der Waals surface area contributed by atoms with Crippen LogP contribution < -0.4 is 0 Å². The second-order valence-electron chi connectivity index (χ2n) is 32.0. The molecule has 0 radical (unpaired) electrons. The quantitative estimate of drug-likeness (QED) is 0.0222. The summed E-state index contributed by atoms with van der Waals surface area (Å²) >= 11 is 0. The van der Waals surface area contributed by atoms with Crippen molar-refractivity contribution in [2.75, 3.05) is 39.6 Å². The number of carbonyl (C=O) groups is 4. The lowest BCUT2D eigenvalue weighted by molar-refractivity contribution is -0.161. The fourth-order valence-corrected chi connectivity index (χ4v) is 14.8. The van der Waals surface area contributed by atoms with E-state index in [9.17, 15) is 43.2 Å². The zero-order chi connectivity index (χ0) is 76.5. The Kier molecular flexibility index (Phi) is 73.7. The molecule has 0 bridgehead atoms. The molecule has 5 atom stereocenters. The molecule has 3 N–H and O–H groups in total.